The molecule has 2 aromatic rings. The molecule has 1 amide bonds. The highest BCUT2D eigenvalue weighted by Crippen LogP contribution is 2.33. The van der Waals surface area contributed by atoms with E-state index in [9.17, 15) is 24.6 Å². The van der Waals surface area contributed by atoms with Gasteiger partial charge >= 0.3 is 18.0 Å². The number of benzene rings is 2. The molecule has 28 heavy (non-hydrogen) atoms. The third-order valence-electron chi connectivity index (χ3n) is 4.35. The van der Waals surface area contributed by atoms with Gasteiger partial charge in [-0.3, -0.25) is 4.79 Å². The van der Waals surface area contributed by atoms with Crippen LogP contribution in [0.5, 0.6) is 0 Å². The van der Waals surface area contributed by atoms with E-state index < -0.39 is 29.5 Å². The van der Waals surface area contributed by atoms with Gasteiger partial charge in [-0.2, -0.15) is 0 Å². The van der Waals surface area contributed by atoms with Gasteiger partial charge in [0.05, 0.1) is 0 Å². The average molecular weight is 383 g/mol. The van der Waals surface area contributed by atoms with Crippen molar-refractivity contribution in [3.8, 4) is 0 Å². The van der Waals surface area contributed by atoms with Crippen LogP contribution in [0.25, 0.3) is 0 Å². The van der Waals surface area contributed by atoms with Gasteiger partial charge in [0, 0.05) is 0 Å². The van der Waals surface area contributed by atoms with Gasteiger partial charge < -0.3 is 20.3 Å². The van der Waals surface area contributed by atoms with Crippen LogP contribution in [0.4, 0.5) is 4.79 Å². The van der Waals surface area contributed by atoms with Crippen molar-refractivity contribution >= 4 is 18.0 Å². The third kappa shape index (κ3) is 4.56. The summed E-state index contributed by atoms with van der Waals surface area (Å²) in [5, 5.41) is 21.9. The topological polar surface area (TPSA) is 113 Å². The summed E-state index contributed by atoms with van der Waals surface area (Å²) in [6, 6.07) is 14.9. The zero-order valence-electron chi connectivity index (χ0n) is 15.1. The zero-order valence-corrected chi connectivity index (χ0v) is 15.1. The van der Waals surface area contributed by atoms with Crippen LogP contribution >= 0.6 is 0 Å². The summed E-state index contributed by atoms with van der Waals surface area (Å²) in [7, 11) is 0. The van der Waals surface area contributed by atoms with Gasteiger partial charge in [-0.25, -0.2) is 9.59 Å². The van der Waals surface area contributed by atoms with Crippen LogP contribution in [0.2, 0.25) is 0 Å². The molecule has 2 rings (SSSR count). The lowest BCUT2D eigenvalue weighted by Gasteiger charge is -2.34. The van der Waals surface area contributed by atoms with E-state index in [-0.39, 0.29) is 18.6 Å². The number of rotatable bonds is 9. The van der Waals surface area contributed by atoms with E-state index in [0.29, 0.717) is 5.56 Å². The molecule has 0 aliphatic rings. The van der Waals surface area contributed by atoms with Gasteiger partial charge in [-0.05, 0) is 17.5 Å². The second kappa shape index (κ2) is 9.36. The van der Waals surface area contributed by atoms with Crippen LogP contribution in [0.3, 0.4) is 0 Å². The molecular formula is C21H21NO6. The van der Waals surface area contributed by atoms with E-state index in [4.69, 9.17) is 4.74 Å². The Morgan fingerprint density at radius 2 is 1.61 bits per heavy atom. The average Bonchev–Trinajstić information content (AvgIpc) is 2.70. The van der Waals surface area contributed by atoms with Crippen molar-refractivity contribution in [1.29, 1.82) is 0 Å². The van der Waals surface area contributed by atoms with Crippen molar-refractivity contribution in [3.05, 3.63) is 84.4 Å². The number of hydrogen-bond acceptors (Lipinski definition) is 4. The van der Waals surface area contributed by atoms with E-state index >= 15 is 0 Å². The summed E-state index contributed by atoms with van der Waals surface area (Å²) >= 11 is 0. The molecule has 7 nitrogen and oxygen atoms in total. The number of carbonyl (C=O) groups is 3. The minimum atomic E-state index is -1.94. The molecule has 0 saturated heterocycles. The largest absolute Gasteiger partial charge is 0.480 e. The van der Waals surface area contributed by atoms with Crippen LogP contribution in [-0.4, -0.2) is 34.3 Å². The van der Waals surface area contributed by atoms with Gasteiger partial charge in [-0.15, -0.1) is 6.58 Å². The number of hydrogen-bond donors (Lipinski definition) is 3. The molecule has 0 bridgehead atoms. The molecule has 0 radical (unpaired) electrons. The number of amides is 1. The first-order valence-electron chi connectivity index (χ1n) is 8.51. The second-order valence-electron chi connectivity index (χ2n) is 6.11. The Morgan fingerprint density at radius 1 is 1.04 bits per heavy atom. The van der Waals surface area contributed by atoms with Crippen molar-refractivity contribution in [2.24, 2.45) is 0 Å². The minimum Gasteiger partial charge on any atom is -0.480 e. The molecule has 0 aromatic heterocycles. The Balaban J connectivity index is 2.31. The number of allylic oxidation sites excluding steroid dienone is 1. The SMILES string of the molecule is C=CCC(C(=O)O)(c1ccccc1)C(NC(=O)OCc1ccccc1)C(=O)O. The van der Waals surface area contributed by atoms with Crippen LogP contribution in [0, 0.1) is 0 Å². The first-order chi connectivity index (χ1) is 13.4. The second-order valence-corrected chi connectivity index (χ2v) is 6.11. The highest BCUT2D eigenvalue weighted by atomic mass is 16.5. The maximum absolute atomic E-state index is 12.2. The molecular weight excluding hydrogens is 362 g/mol. The zero-order chi connectivity index (χ0) is 20.6. The lowest BCUT2D eigenvalue weighted by atomic mass is 9.71. The van der Waals surface area contributed by atoms with Crippen LogP contribution in [-0.2, 0) is 26.3 Å². The molecule has 0 spiro atoms. The van der Waals surface area contributed by atoms with Gasteiger partial charge in [0.2, 0.25) is 0 Å². The number of nitrogens with one attached hydrogen (secondary N) is 1. The molecule has 2 unspecified atom stereocenters. The summed E-state index contributed by atoms with van der Waals surface area (Å²) in [6.45, 7) is 3.47. The summed E-state index contributed by atoms with van der Waals surface area (Å²) in [4.78, 5) is 36.4. The van der Waals surface area contributed by atoms with E-state index in [2.05, 4.69) is 11.9 Å². The Kier molecular flexibility index (Phi) is 6.92. The molecule has 0 saturated carbocycles. The normalized spacial score (nSPS) is 13.6. The Bertz CT molecular complexity index is 836. The third-order valence-corrected chi connectivity index (χ3v) is 4.35. The van der Waals surface area contributed by atoms with Crippen molar-refractivity contribution in [2.75, 3.05) is 0 Å². The fourth-order valence-electron chi connectivity index (χ4n) is 2.98. The molecule has 0 aliphatic heterocycles. The molecule has 7 heteroatoms. The van der Waals surface area contributed by atoms with E-state index in [1.165, 1.54) is 18.2 Å². The number of carbonyl (C=O) groups excluding carboxylic acids is 1. The van der Waals surface area contributed by atoms with Gasteiger partial charge in [0.15, 0.2) is 6.04 Å². The first kappa shape index (κ1) is 20.7. The lowest BCUT2D eigenvalue weighted by molar-refractivity contribution is -0.153. The quantitative estimate of drug-likeness (QED) is 0.574. The van der Waals surface area contributed by atoms with Crippen molar-refractivity contribution in [3.63, 3.8) is 0 Å². The highest BCUT2D eigenvalue weighted by molar-refractivity contribution is 5.93. The van der Waals surface area contributed by atoms with Crippen LogP contribution in [0.1, 0.15) is 17.5 Å². The van der Waals surface area contributed by atoms with Crippen molar-refractivity contribution < 1.29 is 29.3 Å². The summed E-state index contributed by atoms with van der Waals surface area (Å²) in [6.07, 6.45) is 0.0814. The van der Waals surface area contributed by atoms with Crippen LogP contribution in [0.15, 0.2) is 73.3 Å². The highest BCUT2D eigenvalue weighted by Gasteiger charge is 2.51. The van der Waals surface area contributed by atoms with Crippen molar-refractivity contribution in [2.45, 2.75) is 24.5 Å². The minimum absolute atomic E-state index is 0.0775. The lowest BCUT2D eigenvalue weighted by Crippen LogP contribution is -2.59. The first-order valence-corrected chi connectivity index (χ1v) is 8.51. The number of carboxylic acid groups (broad SMARTS) is 2. The standard InChI is InChI=1S/C21H21NO6/c1-2-13-21(19(25)26,16-11-7-4-8-12-16)17(18(23)24)22-20(27)28-14-15-9-5-3-6-10-15/h2-12,17H,1,13-14H2,(H,22,27)(H,23,24)(H,25,26). The summed E-state index contributed by atoms with van der Waals surface area (Å²) < 4.78 is 5.07. The maximum Gasteiger partial charge on any atom is 0.408 e. The number of ether oxygens (including phenoxy) is 1. The molecule has 146 valence electrons. The summed E-state index contributed by atoms with van der Waals surface area (Å²) in [5.41, 5.74) is -0.998. The number of aliphatic carboxylic acids is 2. The van der Waals surface area contributed by atoms with E-state index in [0.717, 1.165) is 0 Å². The summed E-state index contributed by atoms with van der Waals surface area (Å²) in [5.74, 6) is -2.89. The predicted molar refractivity (Wildman–Crippen MR) is 102 cm³/mol. The predicted octanol–water partition coefficient (Wildman–Crippen LogP) is 2.96. The monoisotopic (exact) mass is 383 g/mol. The van der Waals surface area contributed by atoms with E-state index in [1.54, 1.807) is 48.5 Å². The van der Waals surface area contributed by atoms with Crippen LogP contribution < -0.4 is 5.32 Å². The van der Waals surface area contributed by atoms with Crippen molar-refractivity contribution in [1.82, 2.24) is 5.32 Å². The molecule has 2 atom stereocenters. The molecule has 0 fully saturated rings. The fourth-order valence-corrected chi connectivity index (χ4v) is 2.98. The maximum atomic E-state index is 12.2. The fraction of sp³-hybridized carbons (Fsp3) is 0.190. The number of carboxylic acids is 2. The van der Waals surface area contributed by atoms with Gasteiger partial charge in [-0.1, -0.05) is 66.7 Å². The molecule has 0 aliphatic carbocycles. The molecule has 0 heterocycles. The van der Waals surface area contributed by atoms with Gasteiger partial charge in [0.1, 0.15) is 12.0 Å². The van der Waals surface area contributed by atoms with Gasteiger partial charge in [0.25, 0.3) is 0 Å². The van der Waals surface area contributed by atoms with E-state index in [1.807, 2.05) is 0 Å². The Morgan fingerprint density at radius 3 is 2.11 bits per heavy atom. The Hall–Kier alpha value is -3.61. The molecule has 3 N–H and O–H groups in total. The molecule has 2 aromatic carbocycles. The Labute approximate surface area is 162 Å². The number of alkyl carbamates (subject to hydrolysis) is 1. The smallest absolute Gasteiger partial charge is 0.408 e.